The minimum absolute atomic E-state index is 0.00882. The number of aromatic amines is 1. The van der Waals surface area contributed by atoms with Crippen molar-refractivity contribution in [2.45, 2.75) is 59.4 Å². The standard InChI is InChI=1S/C21H35N3O2/c1-5-7-14-26-15-8-12-23(6-2)13-11-18(4)24-20-16-17(3)9-10-19(20)22-21(24)25/h9-10,16,18H,5-8,11-15H2,1-4H3,(H,22,25). The van der Waals surface area contributed by atoms with Gasteiger partial charge in [-0.05, 0) is 57.4 Å². The van der Waals surface area contributed by atoms with E-state index in [2.05, 4.69) is 43.6 Å². The largest absolute Gasteiger partial charge is 0.381 e. The Balaban J connectivity index is 1.87. The van der Waals surface area contributed by atoms with Crippen LogP contribution in [0.25, 0.3) is 11.0 Å². The lowest BCUT2D eigenvalue weighted by molar-refractivity contribution is 0.118. The highest BCUT2D eigenvalue weighted by atomic mass is 16.5. The number of imidazole rings is 1. The highest BCUT2D eigenvalue weighted by Gasteiger charge is 2.14. The van der Waals surface area contributed by atoms with Gasteiger partial charge in [-0.2, -0.15) is 0 Å². The molecule has 1 aromatic heterocycles. The molecule has 5 nitrogen and oxygen atoms in total. The van der Waals surface area contributed by atoms with Crippen molar-refractivity contribution in [2.75, 3.05) is 32.8 Å². The zero-order valence-electron chi connectivity index (χ0n) is 16.9. The number of H-pyrrole nitrogens is 1. The summed E-state index contributed by atoms with van der Waals surface area (Å²) in [6.45, 7) is 13.4. The van der Waals surface area contributed by atoms with E-state index in [1.165, 1.54) is 12.0 Å². The summed E-state index contributed by atoms with van der Waals surface area (Å²) in [5.41, 5.74) is 3.10. The summed E-state index contributed by atoms with van der Waals surface area (Å²) in [4.78, 5) is 17.8. The number of unbranched alkanes of at least 4 members (excludes halogenated alkanes) is 1. The fourth-order valence-corrected chi connectivity index (χ4v) is 3.33. The Morgan fingerprint density at radius 1 is 1.19 bits per heavy atom. The van der Waals surface area contributed by atoms with E-state index in [-0.39, 0.29) is 11.7 Å². The van der Waals surface area contributed by atoms with Gasteiger partial charge >= 0.3 is 5.69 Å². The number of ether oxygens (including phenoxy) is 1. The molecule has 2 aromatic rings. The van der Waals surface area contributed by atoms with Crippen molar-refractivity contribution in [3.05, 3.63) is 34.2 Å². The van der Waals surface area contributed by atoms with Crippen LogP contribution in [0.5, 0.6) is 0 Å². The topological polar surface area (TPSA) is 50.3 Å². The SMILES string of the molecule is CCCCOCCCN(CC)CCC(C)n1c(=O)[nH]c2ccc(C)cc21. The molecular formula is C21H35N3O2. The second-order valence-corrected chi connectivity index (χ2v) is 7.21. The first-order valence-corrected chi connectivity index (χ1v) is 10.1. The first-order valence-electron chi connectivity index (χ1n) is 10.1. The molecule has 5 heteroatoms. The molecule has 0 radical (unpaired) electrons. The highest BCUT2D eigenvalue weighted by Crippen LogP contribution is 2.18. The van der Waals surface area contributed by atoms with Crippen molar-refractivity contribution < 1.29 is 4.74 Å². The second kappa shape index (κ2) is 10.5. The predicted molar refractivity (Wildman–Crippen MR) is 109 cm³/mol. The molecule has 146 valence electrons. The number of aryl methyl sites for hydroxylation is 1. The van der Waals surface area contributed by atoms with Crippen LogP contribution in [-0.2, 0) is 4.74 Å². The molecule has 0 spiro atoms. The Bertz CT molecular complexity index is 720. The van der Waals surface area contributed by atoms with E-state index < -0.39 is 0 Å². The second-order valence-electron chi connectivity index (χ2n) is 7.21. The number of benzene rings is 1. The number of hydrogen-bond acceptors (Lipinski definition) is 3. The van der Waals surface area contributed by atoms with E-state index in [0.29, 0.717) is 0 Å². The number of rotatable bonds is 12. The molecule has 26 heavy (non-hydrogen) atoms. The quantitative estimate of drug-likeness (QED) is 0.579. The van der Waals surface area contributed by atoms with Crippen molar-refractivity contribution in [2.24, 2.45) is 0 Å². The van der Waals surface area contributed by atoms with Crippen molar-refractivity contribution >= 4 is 11.0 Å². The van der Waals surface area contributed by atoms with E-state index in [1.54, 1.807) is 0 Å². The third-order valence-electron chi connectivity index (χ3n) is 5.03. The van der Waals surface area contributed by atoms with Crippen LogP contribution in [0.1, 0.15) is 58.1 Å². The molecule has 1 heterocycles. The van der Waals surface area contributed by atoms with Gasteiger partial charge in [0.1, 0.15) is 0 Å². The molecule has 2 rings (SSSR count). The fraction of sp³-hybridized carbons (Fsp3) is 0.667. The summed E-state index contributed by atoms with van der Waals surface area (Å²) in [5.74, 6) is 0. The van der Waals surface area contributed by atoms with Gasteiger partial charge in [0, 0.05) is 32.3 Å². The lowest BCUT2D eigenvalue weighted by Gasteiger charge is -2.23. The Morgan fingerprint density at radius 3 is 2.69 bits per heavy atom. The Labute approximate surface area is 157 Å². The first-order chi connectivity index (χ1) is 12.6. The lowest BCUT2D eigenvalue weighted by atomic mass is 10.2. The molecular weight excluding hydrogens is 326 g/mol. The predicted octanol–water partition coefficient (Wildman–Crippen LogP) is 4.12. The molecule has 0 saturated carbocycles. The van der Waals surface area contributed by atoms with Gasteiger partial charge in [-0.15, -0.1) is 0 Å². The van der Waals surface area contributed by atoms with E-state index in [4.69, 9.17) is 4.74 Å². The molecule has 1 unspecified atom stereocenters. The average molecular weight is 362 g/mol. The normalized spacial score (nSPS) is 13.0. The summed E-state index contributed by atoms with van der Waals surface area (Å²) in [6.07, 6.45) is 4.36. The van der Waals surface area contributed by atoms with Crippen LogP contribution >= 0.6 is 0 Å². The Kier molecular flexibility index (Phi) is 8.39. The highest BCUT2D eigenvalue weighted by molar-refractivity contribution is 5.76. The molecule has 0 aliphatic rings. The Hall–Kier alpha value is -1.59. The van der Waals surface area contributed by atoms with E-state index >= 15 is 0 Å². The van der Waals surface area contributed by atoms with Gasteiger partial charge in [-0.3, -0.25) is 4.57 Å². The summed E-state index contributed by atoms with van der Waals surface area (Å²) in [7, 11) is 0. The van der Waals surface area contributed by atoms with Crippen LogP contribution in [0.3, 0.4) is 0 Å². The number of hydrogen-bond donors (Lipinski definition) is 1. The summed E-state index contributed by atoms with van der Waals surface area (Å²) in [5, 5.41) is 0. The molecule has 0 aliphatic carbocycles. The maximum absolute atomic E-state index is 12.4. The van der Waals surface area contributed by atoms with Crippen LogP contribution in [0.15, 0.2) is 23.0 Å². The third kappa shape index (κ3) is 5.71. The minimum atomic E-state index is -0.00882. The van der Waals surface area contributed by atoms with Crippen molar-refractivity contribution in [3.63, 3.8) is 0 Å². The number of nitrogens with zero attached hydrogens (tertiary/aromatic N) is 2. The van der Waals surface area contributed by atoms with Gasteiger partial charge in [0.05, 0.1) is 11.0 Å². The average Bonchev–Trinajstić information content (AvgIpc) is 2.95. The molecule has 1 atom stereocenters. The van der Waals surface area contributed by atoms with Gasteiger partial charge in [0.2, 0.25) is 0 Å². The molecule has 0 bridgehead atoms. The zero-order chi connectivity index (χ0) is 18.9. The van der Waals surface area contributed by atoms with Crippen LogP contribution in [0.4, 0.5) is 0 Å². The van der Waals surface area contributed by atoms with E-state index in [0.717, 1.165) is 63.1 Å². The summed E-state index contributed by atoms with van der Waals surface area (Å²) in [6, 6.07) is 6.29. The summed E-state index contributed by atoms with van der Waals surface area (Å²) >= 11 is 0. The van der Waals surface area contributed by atoms with Crippen molar-refractivity contribution in [3.8, 4) is 0 Å². The summed E-state index contributed by atoms with van der Waals surface area (Å²) < 4.78 is 7.56. The van der Waals surface area contributed by atoms with Gasteiger partial charge in [-0.25, -0.2) is 4.79 Å². The number of nitrogens with one attached hydrogen (secondary N) is 1. The van der Waals surface area contributed by atoms with Crippen LogP contribution in [0.2, 0.25) is 0 Å². The molecule has 0 fully saturated rings. The molecule has 1 aromatic carbocycles. The van der Waals surface area contributed by atoms with Crippen molar-refractivity contribution in [1.29, 1.82) is 0 Å². The lowest BCUT2D eigenvalue weighted by Crippen LogP contribution is -2.29. The third-order valence-corrected chi connectivity index (χ3v) is 5.03. The van der Waals surface area contributed by atoms with Crippen molar-refractivity contribution in [1.82, 2.24) is 14.5 Å². The van der Waals surface area contributed by atoms with Crippen LogP contribution in [0, 0.1) is 6.92 Å². The molecule has 0 amide bonds. The maximum Gasteiger partial charge on any atom is 0.326 e. The molecule has 1 N–H and O–H groups in total. The smallest absolute Gasteiger partial charge is 0.326 e. The van der Waals surface area contributed by atoms with Gasteiger partial charge < -0.3 is 14.6 Å². The van der Waals surface area contributed by atoms with Gasteiger partial charge in [-0.1, -0.05) is 26.3 Å². The fourth-order valence-electron chi connectivity index (χ4n) is 3.33. The number of aromatic nitrogens is 2. The van der Waals surface area contributed by atoms with E-state index in [1.807, 2.05) is 16.7 Å². The minimum Gasteiger partial charge on any atom is -0.381 e. The van der Waals surface area contributed by atoms with E-state index in [9.17, 15) is 4.79 Å². The molecule has 0 saturated heterocycles. The van der Waals surface area contributed by atoms with Crippen LogP contribution < -0.4 is 5.69 Å². The number of fused-ring (bicyclic) bond motifs is 1. The molecule has 0 aliphatic heterocycles. The van der Waals surface area contributed by atoms with Gasteiger partial charge in [0.15, 0.2) is 0 Å². The van der Waals surface area contributed by atoms with Gasteiger partial charge in [0.25, 0.3) is 0 Å². The zero-order valence-corrected chi connectivity index (χ0v) is 16.9. The maximum atomic E-state index is 12.4. The monoisotopic (exact) mass is 361 g/mol. The Morgan fingerprint density at radius 2 is 1.96 bits per heavy atom. The first kappa shape index (κ1) is 20.7. The van der Waals surface area contributed by atoms with Crippen LogP contribution in [-0.4, -0.2) is 47.3 Å².